The summed E-state index contributed by atoms with van der Waals surface area (Å²) in [5.41, 5.74) is 0.997. The van der Waals surface area contributed by atoms with E-state index in [9.17, 15) is 4.79 Å². The molecule has 4 heteroatoms. The van der Waals surface area contributed by atoms with Crippen LogP contribution in [0.15, 0.2) is 10.5 Å². The second kappa shape index (κ2) is 5.37. The van der Waals surface area contributed by atoms with Crippen LogP contribution in [0.3, 0.4) is 0 Å². The molecule has 4 nitrogen and oxygen atoms in total. The van der Waals surface area contributed by atoms with Crippen molar-refractivity contribution in [3.05, 3.63) is 23.2 Å². The lowest BCUT2D eigenvalue weighted by molar-refractivity contribution is 0.0599. The minimum atomic E-state index is -0.339. The molecule has 0 atom stereocenters. The molecule has 1 aromatic rings. The van der Waals surface area contributed by atoms with E-state index in [1.807, 2.05) is 0 Å². The molecule has 1 aliphatic rings. The SMILES string of the molecule is COC(=O)c1cc(CNCC2(C(C)C)CC2)oc1C. The number of carbonyl (C=O) groups excluding carboxylic acids is 1. The van der Waals surface area contributed by atoms with E-state index in [4.69, 9.17) is 9.15 Å². The number of hydrogen-bond donors (Lipinski definition) is 1. The molecule has 0 unspecified atom stereocenters. The highest BCUT2D eigenvalue weighted by molar-refractivity contribution is 5.90. The number of rotatable bonds is 6. The van der Waals surface area contributed by atoms with Crippen LogP contribution in [0.1, 0.15) is 48.6 Å². The molecular formula is C15H23NO3. The molecule has 1 aromatic heterocycles. The molecule has 0 bridgehead atoms. The number of esters is 1. The summed E-state index contributed by atoms with van der Waals surface area (Å²) < 4.78 is 10.3. The van der Waals surface area contributed by atoms with Gasteiger partial charge in [-0.3, -0.25) is 0 Å². The van der Waals surface area contributed by atoms with Crippen LogP contribution in [0, 0.1) is 18.3 Å². The fourth-order valence-corrected chi connectivity index (χ4v) is 2.50. The standard InChI is InChI=1S/C15H23NO3/c1-10(2)15(5-6-15)9-16-8-12-7-13(11(3)19-12)14(17)18-4/h7,10,16H,5-6,8-9H2,1-4H3. The summed E-state index contributed by atoms with van der Waals surface area (Å²) in [6.45, 7) is 8.01. The van der Waals surface area contributed by atoms with Crippen LogP contribution in [0.2, 0.25) is 0 Å². The Kier molecular flexibility index (Phi) is 3.99. The lowest BCUT2D eigenvalue weighted by Gasteiger charge is -2.19. The smallest absolute Gasteiger partial charge is 0.341 e. The molecule has 2 rings (SSSR count). The van der Waals surface area contributed by atoms with Crippen molar-refractivity contribution < 1.29 is 13.9 Å². The van der Waals surface area contributed by atoms with E-state index in [1.54, 1.807) is 13.0 Å². The number of nitrogens with one attached hydrogen (secondary N) is 1. The van der Waals surface area contributed by atoms with Gasteiger partial charge in [0.05, 0.1) is 13.7 Å². The molecule has 0 spiro atoms. The maximum atomic E-state index is 11.5. The maximum absolute atomic E-state index is 11.5. The molecular weight excluding hydrogens is 242 g/mol. The third-order valence-corrected chi connectivity index (χ3v) is 4.27. The van der Waals surface area contributed by atoms with Crippen molar-refractivity contribution in [1.29, 1.82) is 0 Å². The van der Waals surface area contributed by atoms with E-state index in [1.165, 1.54) is 20.0 Å². The summed E-state index contributed by atoms with van der Waals surface area (Å²) in [4.78, 5) is 11.5. The Morgan fingerprint density at radius 1 is 1.53 bits per heavy atom. The molecule has 0 radical (unpaired) electrons. The van der Waals surface area contributed by atoms with Crippen LogP contribution in [-0.2, 0) is 11.3 Å². The van der Waals surface area contributed by atoms with E-state index in [0.717, 1.165) is 12.3 Å². The monoisotopic (exact) mass is 265 g/mol. The van der Waals surface area contributed by atoms with Crippen LogP contribution < -0.4 is 5.32 Å². The van der Waals surface area contributed by atoms with Crippen molar-refractivity contribution in [2.24, 2.45) is 11.3 Å². The Bertz CT molecular complexity index is 458. The maximum Gasteiger partial charge on any atom is 0.341 e. The summed E-state index contributed by atoms with van der Waals surface area (Å²) in [5.74, 6) is 1.78. The van der Waals surface area contributed by atoms with Crippen LogP contribution in [0.25, 0.3) is 0 Å². The Hall–Kier alpha value is -1.29. The Labute approximate surface area is 114 Å². The molecule has 1 fully saturated rings. The van der Waals surface area contributed by atoms with Gasteiger partial charge in [-0.25, -0.2) is 4.79 Å². The first-order valence-corrected chi connectivity index (χ1v) is 6.87. The number of hydrogen-bond acceptors (Lipinski definition) is 4. The van der Waals surface area contributed by atoms with Gasteiger partial charge in [-0.05, 0) is 37.2 Å². The Morgan fingerprint density at radius 3 is 2.74 bits per heavy atom. The van der Waals surface area contributed by atoms with Gasteiger partial charge in [0.2, 0.25) is 0 Å². The van der Waals surface area contributed by atoms with Gasteiger partial charge in [-0.2, -0.15) is 0 Å². The third-order valence-electron chi connectivity index (χ3n) is 4.27. The zero-order valence-electron chi connectivity index (χ0n) is 12.2. The summed E-state index contributed by atoms with van der Waals surface area (Å²) in [7, 11) is 1.38. The van der Waals surface area contributed by atoms with Gasteiger partial charge in [0.25, 0.3) is 0 Å². The molecule has 106 valence electrons. The summed E-state index contributed by atoms with van der Waals surface area (Å²) in [6, 6.07) is 1.77. The minimum Gasteiger partial charge on any atom is -0.465 e. The van der Waals surface area contributed by atoms with Crippen molar-refractivity contribution in [1.82, 2.24) is 5.32 Å². The first-order chi connectivity index (χ1) is 8.98. The van der Waals surface area contributed by atoms with Crippen LogP contribution >= 0.6 is 0 Å². The number of carbonyl (C=O) groups is 1. The van der Waals surface area contributed by atoms with E-state index in [-0.39, 0.29) is 5.97 Å². The fourth-order valence-electron chi connectivity index (χ4n) is 2.50. The minimum absolute atomic E-state index is 0.339. The lowest BCUT2D eigenvalue weighted by Crippen LogP contribution is -2.27. The van der Waals surface area contributed by atoms with Gasteiger partial charge in [0, 0.05) is 6.54 Å². The topological polar surface area (TPSA) is 51.5 Å². The Balaban J connectivity index is 1.89. The average molecular weight is 265 g/mol. The van der Waals surface area contributed by atoms with Gasteiger partial charge in [0.15, 0.2) is 0 Å². The number of aryl methyl sites for hydroxylation is 1. The van der Waals surface area contributed by atoms with Gasteiger partial charge in [0.1, 0.15) is 17.1 Å². The first-order valence-electron chi connectivity index (χ1n) is 6.87. The first kappa shape index (κ1) is 14.1. The van der Waals surface area contributed by atoms with Gasteiger partial charge in [-0.1, -0.05) is 13.8 Å². The van der Waals surface area contributed by atoms with Crippen LogP contribution in [0.5, 0.6) is 0 Å². The predicted octanol–water partition coefficient (Wildman–Crippen LogP) is 2.90. The van der Waals surface area contributed by atoms with E-state index >= 15 is 0 Å². The highest BCUT2D eigenvalue weighted by Gasteiger charge is 2.44. The molecule has 0 amide bonds. The summed E-state index contributed by atoms with van der Waals surface area (Å²) in [6.07, 6.45) is 2.62. The van der Waals surface area contributed by atoms with Crippen LogP contribution in [-0.4, -0.2) is 19.6 Å². The predicted molar refractivity (Wildman–Crippen MR) is 73.0 cm³/mol. The lowest BCUT2D eigenvalue weighted by atomic mass is 9.92. The van der Waals surface area contributed by atoms with Gasteiger partial charge in [-0.15, -0.1) is 0 Å². The summed E-state index contributed by atoms with van der Waals surface area (Å²) >= 11 is 0. The second-order valence-electron chi connectivity index (χ2n) is 5.79. The molecule has 0 aliphatic heterocycles. The van der Waals surface area contributed by atoms with Crippen molar-refractivity contribution in [2.75, 3.05) is 13.7 Å². The molecule has 1 saturated carbocycles. The number of furan rings is 1. The van der Waals surface area contributed by atoms with Crippen molar-refractivity contribution in [3.63, 3.8) is 0 Å². The quantitative estimate of drug-likeness (QED) is 0.803. The summed E-state index contributed by atoms with van der Waals surface area (Å²) in [5, 5.41) is 3.44. The fraction of sp³-hybridized carbons (Fsp3) is 0.667. The molecule has 19 heavy (non-hydrogen) atoms. The largest absolute Gasteiger partial charge is 0.465 e. The highest BCUT2D eigenvalue weighted by atomic mass is 16.5. The average Bonchev–Trinajstić information content (AvgIpc) is 3.07. The van der Waals surface area contributed by atoms with E-state index in [0.29, 0.717) is 29.2 Å². The molecule has 0 aromatic carbocycles. The molecule has 1 aliphatic carbocycles. The molecule has 0 saturated heterocycles. The second-order valence-corrected chi connectivity index (χ2v) is 5.79. The zero-order valence-corrected chi connectivity index (χ0v) is 12.2. The van der Waals surface area contributed by atoms with E-state index in [2.05, 4.69) is 19.2 Å². The molecule has 1 N–H and O–H groups in total. The van der Waals surface area contributed by atoms with Crippen LogP contribution in [0.4, 0.5) is 0 Å². The van der Waals surface area contributed by atoms with Crippen molar-refractivity contribution in [3.8, 4) is 0 Å². The third kappa shape index (κ3) is 3.00. The van der Waals surface area contributed by atoms with Crippen molar-refractivity contribution >= 4 is 5.97 Å². The normalized spacial score (nSPS) is 16.7. The number of ether oxygens (including phenoxy) is 1. The highest BCUT2D eigenvalue weighted by Crippen LogP contribution is 2.51. The van der Waals surface area contributed by atoms with Gasteiger partial charge < -0.3 is 14.5 Å². The van der Waals surface area contributed by atoms with E-state index < -0.39 is 0 Å². The van der Waals surface area contributed by atoms with Crippen molar-refractivity contribution in [2.45, 2.75) is 40.2 Å². The zero-order chi connectivity index (χ0) is 14.0. The number of methoxy groups -OCH3 is 1. The van der Waals surface area contributed by atoms with Gasteiger partial charge >= 0.3 is 5.97 Å². The molecule has 1 heterocycles. The Morgan fingerprint density at radius 2 is 2.21 bits per heavy atom.